The third kappa shape index (κ3) is 5.62. The van der Waals surface area contributed by atoms with Gasteiger partial charge in [-0.25, -0.2) is 0 Å². The first-order valence-corrected chi connectivity index (χ1v) is 11.5. The molecule has 6 heteroatoms. The van der Waals surface area contributed by atoms with Crippen molar-refractivity contribution in [1.29, 1.82) is 0 Å². The van der Waals surface area contributed by atoms with E-state index in [0.29, 0.717) is 30.0 Å². The van der Waals surface area contributed by atoms with Gasteiger partial charge in [-0.2, -0.15) is 0 Å². The Morgan fingerprint density at radius 1 is 1.00 bits per heavy atom. The van der Waals surface area contributed by atoms with E-state index in [0.717, 1.165) is 11.1 Å². The summed E-state index contributed by atoms with van der Waals surface area (Å²) in [6.45, 7) is 0.529. The second-order valence-corrected chi connectivity index (χ2v) is 8.76. The number of carbonyl (C=O) groups is 2. The van der Waals surface area contributed by atoms with E-state index in [-0.39, 0.29) is 24.4 Å². The van der Waals surface area contributed by atoms with Gasteiger partial charge in [0.1, 0.15) is 0 Å². The van der Waals surface area contributed by atoms with E-state index in [2.05, 4.69) is 5.32 Å². The van der Waals surface area contributed by atoms with Gasteiger partial charge in [0.05, 0.1) is 18.1 Å². The Labute approximate surface area is 199 Å². The average molecular weight is 463 g/mol. The van der Waals surface area contributed by atoms with Crippen LogP contribution in [0.3, 0.4) is 0 Å². The number of aliphatic hydroxyl groups excluding tert-OH is 1. The lowest BCUT2D eigenvalue weighted by molar-refractivity contribution is -0.144. The second-order valence-electron chi connectivity index (χ2n) is 8.32. The smallest absolute Gasteiger partial charge is 0.225 e. The predicted molar refractivity (Wildman–Crippen MR) is 128 cm³/mol. The number of aliphatic hydroxyl groups is 1. The third-order valence-electron chi connectivity index (χ3n) is 6.10. The Morgan fingerprint density at radius 3 is 2.30 bits per heavy atom. The number of hydrogen-bond donors (Lipinski definition) is 2. The van der Waals surface area contributed by atoms with Crippen molar-refractivity contribution in [3.8, 4) is 0 Å². The molecule has 170 valence electrons. The van der Waals surface area contributed by atoms with Gasteiger partial charge in [0.15, 0.2) is 0 Å². The van der Waals surface area contributed by atoms with E-state index in [1.54, 1.807) is 24.3 Å². The molecule has 1 saturated heterocycles. The maximum atomic E-state index is 13.3. The Hall–Kier alpha value is -3.15. The van der Waals surface area contributed by atoms with Crippen LogP contribution in [0.25, 0.3) is 0 Å². The number of nitrogens with one attached hydrogen (secondary N) is 1. The first-order valence-electron chi connectivity index (χ1n) is 11.1. The molecule has 0 aromatic heterocycles. The van der Waals surface area contributed by atoms with Crippen LogP contribution in [-0.2, 0) is 16.1 Å². The van der Waals surface area contributed by atoms with E-state index in [9.17, 15) is 14.7 Å². The van der Waals surface area contributed by atoms with Crippen molar-refractivity contribution < 1.29 is 14.7 Å². The molecule has 0 spiro atoms. The topological polar surface area (TPSA) is 69.6 Å². The predicted octanol–water partition coefficient (Wildman–Crippen LogP) is 4.67. The summed E-state index contributed by atoms with van der Waals surface area (Å²) < 4.78 is 0. The van der Waals surface area contributed by atoms with Gasteiger partial charge in [-0.3, -0.25) is 9.59 Å². The zero-order chi connectivity index (χ0) is 23.2. The van der Waals surface area contributed by atoms with Gasteiger partial charge < -0.3 is 15.3 Å². The molecular formula is C27H27ClN2O3. The zero-order valence-electron chi connectivity index (χ0n) is 18.2. The van der Waals surface area contributed by atoms with Crippen LogP contribution >= 0.6 is 11.6 Å². The van der Waals surface area contributed by atoms with Crippen molar-refractivity contribution in [3.63, 3.8) is 0 Å². The van der Waals surface area contributed by atoms with Crippen molar-refractivity contribution >= 4 is 23.4 Å². The summed E-state index contributed by atoms with van der Waals surface area (Å²) in [5, 5.41) is 14.0. The number of piperidine rings is 1. The highest BCUT2D eigenvalue weighted by atomic mass is 35.5. The van der Waals surface area contributed by atoms with Crippen molar-refractivity contribution in [2.45, 2.75) is 31.5 Å². The van der Waals surface area contributed by atoms with Gasteiger partial charge in [0.2, 0.25) is 11.8 Å². The molecule has 3 aromatic rings. The van der Waals surface area contributed by atoms with Crippen molar-refractivity contribution in [1.82, 2.24) is 10.2 Å². The van der Waals surface area contributed by atoms with Crippen LogP contribution in [0.5, 0.6) is 0 Å². The second kappa shape index (κ2) is 10.6. The molecule has 0 radical (unpaired) electrons. The molecule has 0 aliphatic carbocycles. The van der Waals surface area contributed by atoms with Crippen LogP contribution < -0.4 is 5.32 Å². The highest BCUT2D eigenvalue weighted by molar-refractivity contribution is 6.30. The maximum absolute atomic E-state index is 13.3. The van der Waals surface area contributed by atoms with Crippen LogP contribution in [0.1, 0.15) is 41.7 Å². The monoisotopic (exact) mass is 462 g/mol. The van der Waals surface area contributed by atoms with Gasteiger partial charge in [0.25, 0.3) is 0 Å². The molecule has 2 amide bonds. The summed E-state index contributed by atoms with van der Waals surface area (Å²) in [5.41, 5.74) is 2.63. The standard InChI is InChI=1S/C27H27ClN2O3/c28-22-13-11-20(12-14-22)24(31)17-29-27(33)23-15-16-25(32)30(18-19-7-3-1-4-8-19)26(23)21-9-5-2-6-10-21/h1-14,23-24,26,31H,15-18H2,(H,29,33). The summed E-state index contributed by atoms with van der Waals surface area (Å²) >= 11 is 5.92. The SMILES string of the molecule is O=C(NCC(O)c1ccc(Cl)cc1)C1CCC(=O)N(Cc2ccccc2)C1c1ccccc1. The molecule has 1 heterocycles. The fourth-order valence-electron chi connectivity index (χ4n) is 4.39. The van der Waals surface area contributed by atoms with Crippen LogP contribution in [0.2, 0.25) is 5.02 Å². The van der Waals surface area contributed by atoms with Gasteiger partial charge >= 0.3 is 0 Å². The van der Waals surface area contributed by atoms with Gasteiger partial charge in [-0.15, -0.1) is 0 Å². The fourth-order valence-corrected chi connectivity index (χ4v) is 4.51. The number of halogens is 1. The molecule has 1 aliphatic rings. The third-order valence-corrected chi connectivity index (χ3v) is 6.36. The van der Waals surface area contributed by atoms with Gasteiger partial charge in [0, 0.05) is 24.5 Å². The van der Waals surface area contributed by atoms with Crippen LogP contribution in [0.15, 0.2) is 84.9 Å². The first-order chi connectivity index (χ1) is 16.0. The number of rotatable bonds is 7. The van der Waals surface area contributed by atoms with E-state index < -0.39 is 12.0 Å². The minimum Gasteiger partial charge on any atom is -0.387 e. The highest BCUT2D eigenvalue weighted by Crippen LogP contribution is 2.38. The van der Waals surface area contributed by atoms with E-state index in [4.69, 9.17) is 11.6 Å². The van der Waals surface area contributed by atoms with Crippen molar-refractivity contribution in [2.24, 2.45) is 5.92 Å². The highest BCUT2D eigenvalue weighted by Gasteiger charge is 2.40. The minimum absolute atomic E-state index is 0.0398. The summed E-state index contributed by atoms with van der Waals surface area (Å²) in [6.07, 6.45) is -0.0624. The van der Waals surface area contributed by atoms with E-state index >= 15 is 0 Å². The van der Waals surface area contributed by atoms with Crippen LogP contribution in [0, 0.1) is 5.92 Å². The molecule has 0 bridgehead atoms. The lowest BCUT2D eigenvalue weighted by Gasteiger charge is -2.41. The van der Waals surface area contributed by atoms with Crippen LogP contribution in [-0.4, -0.2) is 28.4 Å². The largest absolute Gasteiger partial charge is 0.387 e. The van der Waals surface area contributed by atoms with Gasteiger partial charge in [-0.05, 0) is 35.2 Å². The lowest BCUT2D eigenvalue weighted by Crippen LogP contribution is -2.48. The van der Waals surface area contributed by atoms with Crippen molar-refractivity contribution in [3.05, 3.63) is 107 Å². The molecule has 1 fully saturated rings. The molecule has 2 N–H and O–H groups in total. The number of amides is 2. The Bertz CT molecular complexity index is 1070. The summed E-state index contributed by atoms with van der Waals surface area (Å²) in [4.78, 5) is 28.1. The molecule has 4 rings (SSSR count). The Kier molecular flexibility index (Phi) is 7.43. The number of carbonyl (C=O) groups excluding carboxylic acids is 2. The summed E-state index contributed by atoms with van der Waals surface area (Å²) in [7, 11) is 0. The molecule has 33 heavy (non-hydrogen) atoms. The number of nitrogens with zero attached hydrogens (tertiary/aromatic N) is 1. The maximum Gasteiger partial charge on any atom is 0.225 e. The quantitative estimate of drug-likeness (QED) is 0.536. The molecule has 3 atom stereocenters. The molecule has 3 unspecified atom stereocenters. The molecule has 0 saturated carbocycles. The Balaban J connectivity index is 1.54. The Morgan fingerprint density at radius 2 is 1.64 bits per heavy atom. The number of benzene rings is 3. The normalized spacial score (nSPS) is 19.2. The van der Waals surface area contributed by atoms with Gasteiger partial charge in [-0.1, -0.05) is 84.4 Å². The molecule has 3 aromatic carbocycles. The summed E-state index contributed by atoms with van der Waals surface area (Å²) in [6, 6.07) is 26.0. The average Bonchev–Trinajstić information content (AvgIpc) is 2.85. The zero-order valence-corrected chi connectivity index (χ0v) is 19.0. The van der Waals surface area contributed by atoms with E-state index in [1.807, 2.05) is 65.6 Å². The van der Waals surface area contributed by atoms with Crippen molar-refractivity contribution in [2.75, 3.05) is 6.54 Å². The molecule has 1 aliphatic heterocycles. The van der Waals surface area contributed by atoms with Crippen LogP contribution in [0.4, 0.5) is 0 Å². The van der Waals surface area contributed by atoms with E-state index in [1.165, 1.54) is 0 Å². The molecule has 5 nitrogen and oxygen atoms in total. The lowest BCUT2D eigenvalue weighted by atomic mass is 9.83. The summed E-state index contributed by atoms with van der Waals surface area (Å²) in [5.74, 6) is -0.536. The number of likely N-dealkylation sites (tertiary alicyclic amines) is 1. The minimum atomic E-state index is -0.841. The number of hydrogen-bond acceptors (Lipinski definition) is 3. The molecular weight excluding hydrogens is 436 g/mol. The first kappa shape index (κ1) is 23.0. The fraction of sp³-hybridized carbons (Fsp3) is 0.259.